The smallest absolute Gasteiger partial charge is 0.00762 e. The van der Waals surface area contributed by atoms with E-state index in [9.17, 15) is 0 Å². The molecule has 0 amide bonds. The molecule has 0 fully saturated rings. The maximum absolute atomic E-state index is 4.27. The second-order valence-corrected chi connectivity index (χ2v) is 5.54. The van der Waals surface area contributed by atoms with Gasteiger partial charge in [-0.3, -0.25) is 0 Å². The van der Waals surface area contributed by atoms with E-state index in [0.29, 0.717) is 11.8 Å². The monoisotopic (exact) mass is 256 g/mol. The van der Waals surface area contributed by atoms with Crippen LogP contribution in [0.15, 0.2) is 43.0 Å². The standard InChI is InChI=1S/C19H28/c1-7-11-17-13-10-12-15(6)19(17)18(14(4)5)16(8-2)9-3/h7,10,12-13,16,18H,1,4,8-9,11H2,2-3,5-6H3. The van der Waals surface area contributed by atoms with E-state index < -0.39 is 0 Å². The molecule has 104 valence electrons. The Hall–Kier alpha value is -1.30. The van der Waals surface area contributed by atoms with Crippen LogP contribution in [0, 0.1) is 12.8 Å². The minimum Gasteiger partial charge on any atom is -0.103 e. The molecule has 0 aliphatic rings. The molecule has 19 heavy (non-hydrogen) atoms. The summed E-state index contributed by atoms with van der Waals surface area (Å²) in [4.78, 5) is 0. The van der Waals surface area contributed by atoms with E-state index in [4.69, 9.17) is 0 Å². The van der Waals surface area contributed by atoms with Crippen molar-refractivity contribution in [3.63, 3.8) is 0 Å². The molecule has 0 saturated heterocycles. The topological polar surface area (TPSA) is 0 Å². The van der Waals surface area contributed by atoms with E-state index in [2.05, 4.69) is 59.1 Å². The Labute approximate surface area is 119 Å². The lowest BCUT2D eigenvalue weighted by atomic mass is 9.75. The molecule has 0 N–H and O–H groups in total. The van der Waals surface area contributed by atoms with Crippen molar-refractivity contribution >= 4 is 0 Å². The molecule has 1 rings (SSSR count). The molecule has 0 bridgehead atoms. The van der Waals surface area contributed by atoms with Crippen LogP contribution in [0.5, 0.6) is 0 Å². The SMILES string of the molecule is C=CCc1cccc(C)c1C(C(=C)C)C(CC)CC. The number of hydrogen-bond donors (Lipinski definition) is 0. The van der Waals surface area contributed by atoms with Crippen molar-refractivity contribution < 1.29 is 0 Å². The highest BCUT2D eigenvalue weighted by Crippen LogP contribution is 2.38. The van der Waals surface area contributed by atoms with Crippen LogP contribution in [0.1, 0.15) is 56.2 Å². The van der Waals surface area contributed by atoms with Crippen LogP contribution < -0.4 is 0 Å². The summed E-state index contributed by atoms with van der Waals surface area (Å²) in [5.74, 6) is 1.16. The van der Waals surface area contributed by atoms with Crippen molar-refractivity contribution in [2.75, 3.05) is 0 Å². The van der Waals surface area contributed by atoms with Crippen molar-refractivity contribution in [2.45, 2.75) is 52.9 Å². The predicted molar refractivity (Wildman–Crippen MR) is 86.7 cm³/mol. The number of aryl methyl sites for hydroxylation is 1. The molecule has 1 atom stereocenters. The first-order valence-corrected chi connectivity index (χ1v) is 7.41. The van der Waals surface area contributed by atoms with Crippen LogP contribution >= 0.6 is 0 Å². The molecule has 1 aromatic rings. The predicted octanol–water partition coefficient (Wildman–Crippen LogP) is 5.82. The summed E-state index contributed by atoms with van der Waals surface area (Å²) < 4.78 is 0. The maximum atomic E-state index is 4.27. The van der Waals surface area contributed by atoms with E-state index in [0.717, 1.165) is 6.42 Å². The molecule has 0 radical (unpaired) electrons. The van der Waals surface area contributed by atoms with Crippen LogP contribution in [0.2, 0.25) is 0 Å². The minimum absolute atomic E-state index is 0.478. The normalized spacial score (nSPS) is 12.5. The first kappa shape index (κ1) is 15.8. The Morgan fingerprint density at radius 2 is 1.89 bits per heavy atom. The zero-order chi connectivity index (χ0) is 14.4. The molecule has 0 aromatic heterocycles. The average molecular weight is 256 g/mol. The fourth-order valence-corrected chi connectivity index (χ4v) is 3.16. The van der Waals surface area contributed by atoms with Gasteiger partial charge in [0, 0.05) is 5.92 Å². The lowest BCUT2D eigenvalue weighted by Crippen LogP contribution is -2.16. The lowest BCUT2D eigenvalue weighted by Gasteiger charge is -2.29. The molecule has 1 unspecified atom stereocenters. The zero-order valence-electron chi connectivity index (χ0n) is 13.0. The van der Waals surface area contributed by atoms with E-state index >= 15 is 0 Å². The van der Waals surface area contributed by atoms with Crippen molar-refractivity contribution in [3.8, 4) is 0 Å². The third kappa shape index (κ3) is 3.59. The summed E-state index contributed by atoms with van der Waals surface area (Å²) in [6.07, 6.45) is 5.35. The van der Waals surface area contributed by atoms with Crippen molar-refractivity contribution in [1.29, 1.82) is 0 Å². The van der Waals surface area contributed by atoms with Gasteiger partial charge < -0.3 is 0 Å². The molecular weight excluding hydrogens is 228 g/mol. The van der Waals surface area contributed by atoms with Crippen molar-refractivity contribution in [3.05, 3.63) is 59.7 Å². The fourth-order valence-electron chi connectivity index (χ4n) is 3.16. The van der Waals surface area contributed by atoms with Gasteiger partial charge in [0.05, 0.1) is 0 Å². The number of benzene rings is 1. The Morgan fingerprint density at radius 3 is 2.37 bits per heavy atom. The van der Waals surface area contributed by atoms with Gasteiger partial charge in [0.2, 0.25) is 0 Å². The molecule has 0 aliphatic carbocycles. The molecule has 0 aliphatic heterocycles. The zero-order valence-corrected chi connectivity index (χ0v) is 13.0. The average Bonchev–Trinajstić information content (AvgIpc) is 2.37. The highest BCUT2D eigenvalue weighted by molar-refractivity contribution is 5.42. The van der Waals surface area contributed by atoms with E-state index in [1.807, 2.05) is 6.08 Å². The van der Waals surface area contributed by atoms with Gasteiger partial charge in [0.1, 0.15) is 0 Å². The lowest BCUT2D eigenvalue weighted by molar-refractivity contribution is 0.431. The third-order valence-electron chi connectivity index (χ3n) is 4.14. The summed E-state index contributed by atoms with van der Waals surface area (Å²) in [6, 6.07) is 6.61. The van der Waals surface area contributed by atoms with Gasteiger partial charge in [-0.2, -0.15) is 0 Å². The highest BCUT2D eigenvalue weighted by atomic mass is 14.3. The quantitative estimate of drug-likeness (QED) is 0.539. The Balaban J connectivity index is 3.36. The largest absolute Gasteiger partial charge is 0.103 e. The Kier molecular flexibility index (Phi) is 6.08. The summed E-state index contributed by atoms with van der Waals surface area (Å²) in [6.45, 7) is 17.1. The summed E-state index contributed by atoms with van der Waals surface area (Å²) in [5, 5.41) is 0. The summed E-state index contributed by atoms with van der Waals surface area (Å²) in [5.41, 5.74) is 5.58. The fraction of sp³-hybridized carbons (Fsp3) is 0.474. The van der Waals surface area contributed by atoms with Crippen molar-refractivity contribution in [1.82, 2.24) is 0 Å². The van der Waals surface area contributed by atoms with Gasteiger partial charge in [0.15, 0.2) is 0 Å². The molecule has 0 saturated carbocycles. The van der Waals surface area contributed by atoms with E-state index in [1.165, 1.54) is 35.1 Å². The van der Waals surface area contributed by atoms with Crippen LogP contribution in [0.25, 0.3) is 0 Å². The molecule has 0 spiro atoms. The van der Waals surface area contributed by atoms with Gasteiger partial charge in [-0.15, -0.1) is 6.58 Å². The number of rotatable bonds is 7. The van der Waals surface area contributed by atoms with Gasteiger partial charge in [0.25, 0.3) is 0 Å². The Morgan fingerprint density at radius 1 is 1.26 bits per heavy atom. The van der Waals surface area contributed by atoms with E-state index in [1.54, 1.807) is 0 Å². The first-order chi connectivity index (χ1) is 9.06. The number of allylic oxidation sites excluding steroid dienone is 2. The molecule has 0 heterocycles. The second kappa shape index (κ2) is 7.33. The molecule has 0 heteroatoms. The van der Waals surface area contributed by atoms with Gasteiger partial charge >= 0.3 is 0 Å². The highest BCUT2D eigenvalue weighted by Gasteiger charge is 2.24. The Bertz CT molecular complexity index is 435. The van der Waals surface area contributed by atoms with Gasteiger partial charge in [-0.1, -0.05) is 63.1 Å². The maximum Gasteiger partial charge on any atom is 0.00762 e. The van der Waals surface area contributed by atoms with Crippen LogP contribution in [-0.2, 0) is 6.42 Å². The molecule has 0 nitrogen and oxygen atoms in total. The van der Waals surface area contributed by atoms with Crippen LogP contribution in [0.3, 0.4) is 0 Å². The third-order valence-corrected chi connectivity index (χ3v) is 4.14. The van der Waals surface area contributed by atoms with Crippen LogP contribution in [-0.4, -0.2) is 0 Å². The van der Waals surface area contributed by atoms with Crippen LogP contribution in [0.4, 0.5) is 0 Å². The summed E-state index contributed by atoms with van der Waals surface area (Å²) in [7, 11) is 0. The minimum atomic E-state index is 0.478. The first-order valence-electron chi connectivity index (χ1n) is 7.41. The summed E-state index contributed by atoms with van der Waals surface area (Å²) >= 11 is 0. The van der Waals surface area contributed by atoms with E-state index in [-0.39, 0.29) is 0 Å². The van der Waals surface area contributed by atoms with Gasteiger partial charge in [-0.25, -0.2) is 0 Å². The molecule has 1 aromatic carbocycles. The second-order valence-electron chi connectivity index (χ2n) is 5.54. The molecular formula is C19H28. The van der Waals surface area contributed by atoms with Crippen molar-refractivity contribution in [2.24, 2.45) is 5.92 Å². The number of hydrogen-bond acceptors (Lipinski definition) is 0. The van der Waals surface area contributed by atoms with Gasteiger partial charge in [-0.05, 0) is 42.9 Å².